The molecule has 0 unspecified atom stereocenters. The van der Waals surface area contributed by atoms with Crippen molar-refractivity contribution in [2.75, 3.05) is 0 Å². The monoisotopic (exact) mass is 288 g/mol. The summed E-state index contributed by atoms with van der Waals surface area (Å²) in [4.78, 5) is 12.1. The second-order valence-corrected chi connectivity index (χ2v) is 4.51. The molecule has 0 amide bonds. The average molecular weight is 288 g/mol. The molecule has 0 aliphatic rings. The van der Waals surface area contributed by atoms with Crippen LogP contribution in [0.5, 0.6) is 0 Å². The molecule has 3 heterocycles. The van der Waals surface area contributed by atoms with Crippen molar-refractivity contribution in [1.29, 1.82) is 0 Å². The van der Waals surface area contributed by atoms with E-state index in [9.17, 15) is 8.78 Å². The van der Waals surface area contributed by atoms with E-state index >= 15 is 0 Å². The van der Waals surface area contributed by atoms with Crippen molar-refractivity contribution >= 4 is 0 Å². The number of nitrogens with zero attached hydrogens (tertiary/aromatic N) is 4. The van der Waals surface area contributed by atoms with E-state index in [4.69, 9.17) is 4.52 Å². The molecule has 0 saturated heterocycles. The van der Waals surface area contributed by atoms with Crippen LogP contribution >= 0.6 is 0 Å². The lowest BCUT2D eigenvalue weighted by atomic mass is 10.2. The molecular formula is C14H10F2N4O. The van der Waals surface area contributed by atoms with Crippen LogP contribution in [0, 0.1) is 25.5 Å². The largest absolute Gasteiger partial charge is 0.332 e. The third kappa shape index (κ3) is 2.49. The van der Waals surface area contributed by atoms with E-state index in [2.05, 4.69) is 20.1 Å². The zero-order chi connectivity index (χ0) is 15.0. The van der Waals surface area contributed by atoms with Gasteiger partial charge < -0.3 is 4.52 Å². The van der Waals surface area contributed by atoms with Crippen LogP contribution in [0.4, 0.5) is 8.78 Å². The highest BCUT2D eigenvalue weighted by Gasteiger charge is 2.15. The van der Waals surface area contributed by atoms with Crippen LogP contribution in [0.3, 0.4) is 0 Å². The van der Waals surface area contributed by atoms with Gasteiger partial charge in [-0.2, -0.15) is 4.98 Å². The van der Waals surface area contributed by atoms with Gasteiger partial charge in [-0.25, -0.2) is 18.7 Å². The summed E-state index contributed by atoms with van der Waals surface area (Å²) in [6.45, 7) is 3.20. The van der Waals surface area contributed by atoms with Crippen molar-refractivity contribution in [3.63, 3.8) is 0 Å². The van der Waals surface area contributed by atoms with Gasteiger partial charge in [0.05, 0.1) is 11.9 Å². The fraction of sp³-hybridized carbons (Fsp3) is 0.143. The fourth-order valence-corrected chi connectivity index (χ4v) is 1.86. The van der Waals surface area contributed by atoms with Gasteiger partial charge in [0.1, 0.15) is 23.0 Å². The van der Waals surface area contributed by atoms with E-state index in [1.165, 1.54) is 18.2 Å². The first kappa shape index (κ1) is 13.3. The zero-order valence-corrected chi connectivity index (χ0v) is 11.3. The maximum absolute atomic E-state index is 13.6. The highest BCUT2D eigenvalue weighted by Crippen LogP contribution is 2.22. The fourth-order valence-electron chi connectivity index (χ4n) is 1.86. The lowest BCUT2D eigenvalue weighted by Crippen LogP contribution is -1.96. The van der Waals surface area contributed by atoms with Gasteiger partial charge >= 0.3 is 0 Å². The first-order chi connectivity index (χ1) is 10.0. The molecule has 0 radical (unpaired) electrons. The molecule has 0 atom stereocenters. The lowest BCUT2D eigenvalue weighted by Gasteiger charge is -2.01. The van der Waals surface area contributed by atoms with Crippen LogP contribution in [0.25, 0.3) is 23.1 Å². The van der Waals surface area contributed by atoms with Crippen LogP contribution in [-0.2, 0) is 0 Å². The van der Waals surface area contributed by atoms with E-state index in [-0.39, 0.29) is 23.2 Å². The minimum Gasteiger partial charge on any atom is -0.332 e. The Morgan fingerprint density at radius 2 is 1.86 bits per heavy atom. The Kier molecular flexibility index (Phi) is 3.17. The SMILES string of the molecule is Cc1cc(-c2noc(-c3ccc(F)cn3)n2)nc(C)c1F. The molecule has 0 saturated carbocycles. The van der Waals surface area contributed by atoms with Crippen LogP contribution in [0.15, 0.2) is 28.9 Å². The Hall–Kier alpha value is -2.70. The molecule has 0 aliphatic heterocycles. The van der Waals surface area contributed by atoms with E-state index in [1.807, 2.05) is 0 Å². The molecule has 7 heteroatoms. The van der Waals surface area contributed by atoms with Crippen LogP contribution in [-0.4, -0.2) is 20.1 Å². The number of aromatic nitrogens is 4. The summed E-state index contributed by atoms with van der Waals surface area (Å²) >= 11 is 0. The number of halogens is 2. The predicted octanol–water partition coefficient (Wildman–Crippen LogP) is 3.09. The van der Waals surface area contributed by atoms with Gasteiger partial charge in [0, 0.05) is 0 Å². The summed E-state index contributed by atoms with van der Waals surface area (Å²) in [5.41, 5.74) is 1.47. The van der Waals surface area contributed by atoms with Crippen molar-refractivity contribution in [3.05, 3.63) is 47.3 Å². The first-order valence-corrected chi connectivity index (χ1v) is 6.14. The van der Waals surface area contributed by atoms with Gasteiger partial charge in [0.15, 0.2) is 0 Å². The third-order valence-electron chi connectivity index (χ3n) is 2.91. The third-order valence-corrected chi connectivity index (χ3v) is 2.91. The van der Waals surface area contributed by atoms with Crippen LogP contribution in [0.2, 0.25) is 0 Å². The van der Waals surface area contributed by atoms with Gasteiger partial charge in [-0.05, 0) is 37.6 Å². The molecule has 0 aliphatic carbocycles. The molecule has 0 aromatic carbocycles. The van der Waals surface area contributed by atoms with Gasteiger partial charge in [-0.15, -0.1) is 0 Å². The summed E-state index contributed by atoms with van der Waals surface area (Å²) in [5.74, 6) is -0.443. The van der Waals surface area contributed by atoms with Gasteiger partial charge in [0.25, 0.3) is 5.89 Å². The van der Waals surface area contributed by atoms with Crippen molar-refractivity contribution in [3.8, 4) is 23.1 Å². The first-order valence-electron chi connectivity index (χ1n) is 6.14. The Morgan fingerprint density at radius 1 is 1.05 bits per heavy atom. The molecule has 0 bridgehead atoms. The number of hydrogen-bond donors (Lipinski definition) is 0. The second-order valence-electron chi connectivity index (χ2n) is 4.51. The second kappa shape index (κ2) is 5.01. The molecule has 3 rings (SSSR count). The number of aryl methyl sites for hydroxylation is 2. The van der Waals surface area contributed by atoms with E-state index in [0.29, 0.717) is 17.0 Å². The standard InChI is InChI=1S/C14H10F2N4O/c1-7-5-11(18-8(2)12(7)16)13-19-14(21-20-13)10-4-3-9(15)6-17-10/h3-6H,1-2H3. The van der Waals surface area contributed by atoms with E-state index < -0.39 is 5.82 Å². The van der Waals surface area contributed by atoms with Gasteiger partial charge in [-0.3, -0.25) is 0 Å². The zero-order valence-electron chi connectivity index (χ0n) is 11.3. The molecule has 106 valence electrons. The number of rotatable bonds is 2. The quantitative estimate of drug-likeness (QED) is 0.725. The summed E-state index contributed by atoms with van der Waals surface area (Å²) < 4.78 is 31.5. The highest BCUT2D eigenvalue weighted by molar-refractivity contribution is 5.55. The predicted molar refractivity (Wildman–Crippen MR) is 70.2 cm³/mol. The summed E-state index contributed by atoms with van der Waals surface area (Å²) in [6.07, 6.45) is 1.06. The highest BCUT2D eigenvalue weighted by atomic mass is 19.1. The topological polar surface area (TPSA) is 64.7 Å². The van der Waals surface area contributed by atoms with E-state index in [0.717, 1.165) is 6.20 Å². The van der Waals surface area contributed by atoms with Gasteiger partial charge in [0.2, 0.25) is 5.82 Å². The summed E-state index contributed by atoms with van der Waals surface area (Å²) in [5, 5.41) is 3.79. The van der Waals surface area contributed by atoms with Crippen LogP contribution in [0.1, 0.15) is 11.3 Å². The molecule has 3 aromatic heterocycles. The number of pyridine rings is 2. The number of hydrogen-bond acceptors (Lipinski definition) is 5. The Labute approximate surface area is 118 Å². The average Bonchev–Trinajstić information content (AvgIpc) is 2.95. The lowest BCUT2D eigenvalue weighted by molar-refractivity contribution is 0.430. The Morgan fingerprint density at radius 3 is 2.52 bits per heavy atom. The molecule has 21 heavy (non-hydrogen) atoms. The Balaban J connectivity index is 2.00. The minimum absolute atomic E-state index is 0.145. The molecule has 0 N–H and O–H groups in total. The molecule has 5 nitrogen and oxygen atoms in total. The minimum atomic E-state index is -0.454. The molecule has 3 aromatic rings. The van der Waals surface area contributed by atoms with Crippen LogP contribution < -0.4 is 0 Å². The molecular weight excluding hydrogens is 278 g/mol. The summed E-state index contributed by atoms with van der Waals surface area (Å²) in [6, 6.07) is 4.22. The normalized spacial score (nSPS) is 10.9. The summed E-state index contributed by atoms with van der Waals surface area (Å²) in [7, 11) is 0. The van der Waals surface area contributed by atoms with Crippen molar-refractivity contribution in [2.45, 2.75) is 13.8 Å². The Bertz CT molecular complexity index is 776. The molecule has 0 spiro atoms. The smallest absolute Gasteiger partial charge is 0.276 e. The van der Waals surface area contributed by atoms with Crippen molar-refractivity contribution in [1.82, 2.24) is 20.1 Å². The van der Waals surface area contributed by atoms with Gasteiger partial charge in [-0.1, -0.05) is 5.16 Å². The van der Waals surface area contributed by atoms with Crippen molar-refractivity contribution in [2.24, 2.45) is 0 Å². The maximum Gasteiger partial charge on any atom is 0.276 e. The van der Waals surface area contributed by atoms with Crippen molar-refractivity contribution < 1.29 is 13.3 Å². The maximum atomic E-state index is 13.6. The van der Waals surface area contributed by atoms with E-state index in [1.54, 1.807) is 13.8 Å². The molecule has 0 fully saturated rings.